The van der Waals surface area contributed by atoms with E-state index in [1.165, 1.54) is 5.56 Å². The second-order valence-electron chi connectivity index (χ2n) is 3.01. The van der Waals surface area contributed by atoms with Gasteiger partial charge in [0.25, 0.3) is 0 Å². The van der Waals surface area contributed by atoms with Crippen LogP contribution < -0.4 is 0 Å². The molecule has 1 fully saturated rings. The van der Waals surface area contributed by atoms with Crippen LogP contribution >= 0.6 is 0 Å². The molecule has 0 radical (unpaired) electrons. The summed E-state index contributed by atoms with van der Waals surface area (Å²) in [7, 11) is 0. The standard InChI is InChI=1S/C10H10O2/c1-7-4-2-3-5-8(7)10-9(6-11)12-10/h2-6,9-10H,1H3. The van der Waals surface area contributed by atoms with Crippen molar-refractivity contribution in [2.24, 2.45) is 0 Å². The van der Waals surface area contributed by atoms with Gasteiger partial charge in [-0.3, -0.25) is 0 Å². The second-order valence-corrected chi connectivity index (χ2v) is 3.01. The molecule has 12 heavy (non-hydrogen) atoms. The van der Waals surface area contributed by atoms with Crippen molar-refractivity contribution in [2.75, 3.05) is 0 Å². The fourth-order valence-corrected chi connectivity index (χ4v) is 1.38. The molecule has 0 amide bonds. The highest BCUT2D eigenvalue weighted by Crippen LogP contribution is 2.38. The zero-order valence-corrected chi connectivity index (χ0v) is 6.86. The third-order valence-electron chi connectivity index (χ3n) is 2.15. The molecule has 0 bridgehead atoms. The predicted octanol–water partition coefficient (Wildman–Crippen LogP) is 1.63. The monoisotopic (exact) mass is 162 g/mol. The lowest BCUT2D eigenvalue weighted by atomic mass is 10.0. The number of aryl methyl sites for hydroxylation is 1. The quantitative estimate of drug-likeness (QED) is 0.488. The van der Waals surface area contributed by atoms with Crippen molar-refractivity contribution in [3.8, 4) is 0 Å². The largest absolute Gasteiger partial charge is 0.356 e. The summed E-state index contributed by atoms with van der Waals surface area (Å²) in [5, 5.41) is 0. The first kappa shape index (κ1) is 7.50. The Hall–Kier alpha value is -1.15. The molecule has 2 atom stereocenters. The number of hydrogen-bond acceptors (Lipinski definition) is 2. The number of aldehydes is 1. The van der Waals surface area contributed by atoms with Gasteiger partial charge in [0.1, 0.15) is 12.2 Å². The first-order valence-corrected chi connectivity index (χ1v) is 3.99. The van der Waals surface area contributed by atoms with Gasteiger partial charge in [-0.15, -0.1) is 0 Å². The lowest BCUT2D eigenvalue weighted by molar-refractivity contribution is -0.108. The third kappa shape index (κ3) is 1.14. The van der Waals surface area contributed by atoms with E-state index in [1.807, 2.05) is 31.2 Å². The molecule has 1 aliphatic rings. The van der Waals surface area contributed by atoms with Crippen molar-refractivity contribution >= 4 is 6.29 Å². The summed E-state index contributed by atoms with van der Waals surface area (Å²) in [5.41, 5.74) is 2.32. The fourth-order valence-electron chi connectivity index (χ4n) is 1.38. The average molecular weight is 162 g/mol. The van der Waals surface area contributed by atoms with E-state index < -0.39 is 0 Å². The van der Waals surface area contributed by atoms with E-state index in [2.05, 4.69) is 0 Å². The maximum absolute atomic E-state index is 10.3. The average Bonchev–Trinajstić information content (AvgIpc) is 2.84. The number of rotatable bonds is 2. The highest BCUT2D eigenvalue weighted by atomic mass is 16.6. The Labute approximate surface area is 71.2 Å². The first-order valence-electron chi connectivity index (χ1n) is 3.99. The molecule has 0 aliphatic carbocycles. The zero-order chi connectivity index (χ0) is 8.55. The summed E-state index contributed by atoms with van der Waals surface area (Å²) >= 11 is 0. The van der Waals surface area contributed by atoms with Gasteiger partial charge in [-0.05, 0) is 18.1 Å². The summed E-state index contributed by atoms with van der Waals surface area (Å²) in [6.45, 7) is 2.03. The number of ether oxygens (including phenoxy) is 1. The molecule has 0 spiro atoms. The van der Waals surface area contributed by atoms with Crippen LogP contribution in [0.2, 0.25) is 0 Å². The lowest BCUT2D eigenvalue weighted by Crippen LogP contribution is -1.91. The smallest absolute Gasteiger partial charge is 0.151 e. The second kappa shape index (κ2) is 2.72. The molecule has 2 nitrogen and oxygen atoms in total. The van der Waals surface area contributed by atoms with Crippen LogP contribution in [-0.2, 0) is 9.53 Å². The molecule has 2 rings (SSSR count). The van der Waals surface area contributed by atoms with E-state index >= 15 is 0 Å². The fraction of sp³-hybridized carbons (Fsp3) is 0.300. The minimum Gasteiger partial charge on any atom is -0.356 e. The molecule has 1 saturated heterocycles. The van der Waals surface area contributed by atoms with Gasteiger partial charge < -0.3 is 9.53 Å². The molecule has 1 aromatic carbocycles. The Bertz CT molecular complexity index is 306. The van der Waals surface area contributed by atoms with Gasteiger partial charge in [-0.1, -0.05) is 24.3 Å². The van der Waals surface area contributed by atoms with Crippen molar-refractivity contribution in [2.45, 2.75) is 19.1 Å². The van der Waals surface area contributed by atoms with Crippen LogP contribution in [0.5, 0.6) is 0 Å². The highest BCUT2D eigenvalue weighted by Gasteiger charge is 2.40. The molecule has 0 saturated carbocycles. The van der Waals surface area contributed by atoms with Gasteiger partial charge in [-0.2, -0.15) is 0 Å². The summed E-state index contributed by atoms with van der Waals surface area (Å²) in [6.07, 6.45) is 0.673. The minimum atomic E-state index is -0.203. The normalized spacial score (nSPS) is 26.8. The minimum absolute atomic E-state index is 0.0173. The van der Waals surface area contributed by atoms with Gasteiger partial charge in [-0.25, -0.2) is 0 Å². The number of hydrogen-bond donors (Lipinski definition) is 0. The summed E-state index contributed by atoms with van der Waals surface area (Å²) in [5.74, 6) is 0. The van der Waals surface area contributed by atoms with E-state index in [0.29, 0.717) is 0 Å². The van der Waals surface area contributed by atoms with Crippen molar-refractivity contribution in [3.63, 3.8) is 0 Å². The van der Waals surface area contributed by atoms with E-state index in [9.17, 15) is 4.79 Å². The number of carbonyl (C=O) groups is 1. The van der Waals surface area contributed by atoms with Crippen LogP contribution in [0.3, 0.4) is 0 Å². The van der Waals surface area contributed by atoms with E-state index in [0.717, 1.165) is 11.8 Å². The highest BCUT2D eigenvalue weighted by molar-refractivity contribution is 5.62. The van der Waals surface area contributed by atoms with Gasteiger partial charge in [0, 0.05) is 0 Å². The number of epoxide rings is 1. The maximum Gasteiger partial charge on any atom is 0.151 e. The van der Waals surface area contributed by atoms with Gasteiger partial charge in [0.2, 0.25) is 0 Å². The Kier molecular flexibility index (Phi) is 1.70. The van der Waals surface area contributed by atoms with Crippen LogP contribution in [0.25, 0.3) is 0 Å². The van der Waals surface area contributed by atoms with Crippen LogP contribution in [0.15, 0.2) is 24.3 Å². The van der Waals surface area contributed by atoms with Gasteiger partial charge >= 0.3 is 0 Å². The van der Waals surface area contributed by atoms with Crippen molar-refractivity contribution in [3.05, 3.63) is 35.4 Å². The molecule has 1 aliphatic heterocycles. The summed E-state index contributed by atoms with van der Waals surface area (Å²) in [4.78, 5) is 10.3. The Morgan fingerprint density at radius 1 is 1.42 bits per heavy atom. The maximum atomic E-state index is 10.3. The van der Waals surface area contributed by atoms with Crippen LogP contribution in [-0.4, -0.2) is 12.4 Å². The molecule has 2 heteroatoms. The molecule has 62 valence electrons. The molecule has 2 unspecified atom stereocenters. The number of benzene rings is 1. The van der Waals surface area contributed by atoms with E-state index in [-0.39, 0.29) is 12.2 Å². The SMILES string of the molecule is Cc1ccccc1C1OC1C=O. The van der Waals surface area contributed by atoms with Crippen molar-refractivity contribution in [1.29, 1.82) is 0 Å². The van der Waals surface area contributed by atoms with Gasteiger partial charge in [0.15, 0.2) is 6.29 Å². The zero-order valence-electron chi connectivity index (χ0n) is 6.86. The summed E-state index contributed by atoms with van der Waals surface area (Å²) in [6, 6.07) is 7.98. The van der Waals surface area contributed by atoms with Crippen molar-refractivity contribution < 1.29 is 9.53 Å². The molecule has 0 N–H and O–H groups in total. The van der Waals surface area contributed by atoms with E-state index in [4.69, 9.17) is 4.74 Å². The molecule has 1 heterocycles. The first-order chi connectivity index (χ1) is 5.83. The molecule has 0 aromatic heterocycles. The van der Waals surface area contributed by atoms with Crippen LogP contribution in [0.1, 0.15) is 17.2 Å². The Morgan fingerprint density at radius 2 is 2.17 bits per heavy atom. The Morgan fingerprint density at radius 3 is 2.75 bits per heavy atom. The van der Waals surface area contributed by atoms with Gasteiger partial charge in [0.05, 0.1) is 0 Å². The molecular formula is C10H10O2. The van der Waals surface area contributed by atoms with E-state index in [1.54, 1.807) is 0 Å². The molecular weight excluding hydrogens is 152 g/mol. The lowest BCUT2D eigenvalue weighted by Gasteiger charge is -1.98. The third-order valence-corrected chi connectivity index (χ3v) is 2.15. The van der Waals surface area contributed by atoms with Crippen molar-refractivity contribution in [1.82, 2.24) is 0 Å². The van der Waals surface area contributed by atoms with Crippen LogP contribution in [0, 0.1) is 6.92 Å². The molecule has 1 aromatic rings. The topological polar surface area (TPSA) is 29.6 Å². The number of carbonyl (C=O) groups excluding carboxylic acids is 1. The Balaban J connectivity index is 2.25. The predicted molar refractivity (Wildman–Crippen MR) is 44.9 cm³/mol. The summed E-state index contributed by atoms with van der Waals surface area (Å²) < 4.78 is 5.16. The van der Waals surface area contributed by atoms with Crippen LogP contribution in [0.4, 0.5) is 0 Å².